The van der Waals surface area contributed by atoms with Gasteiger partial charge < -0.3 is 10.1 Å². The van der Waals surface area contributed by atoms with E-state index in [0.717, 1.165) is 49.2 Å². The zero-order valence-electron chi connectivity index (χ0n) is 19.6. The van der Waals surface area contributed by atoms with Gasteiger partial charge in [0, 0.05) is 30.1 Å². The van der Waals surface area contributed by atoms with Gasteiger partial charge in [-0.3, -0.25) is 4.90 Å². The Morgan fingerprint density at radius 3 is 2.50 bits per heavy atom. The van der Waals surface area contributed by atoms with Crippen LogP contribution in [0.2, 0.25) is 0 Å². The third-order valence-corrected chi connectivity index (χ3v) is 7.61. The fourth-order valence-corrected chi connectivity index (χ4v) is 5.97. The molecule has 3 heterocycles. The summed E-state index contributed by atoms with van der Waals surface area (Å²) in [6.07, 6.45) is 3.32. The van der Waals surface area contributed by atoms with Crippen molar-refractivity contribution in [1.82, 2.24) is 10.2 Å². The molecule has 3 nitrogen and oxygen atoms in total. The van der Waals surface area contributed by atoms with Crippen LogP contribution < -0.4 is 10.1 Å². The van der Waals surface area contributed by atoms with Crippen LogP contribution in [0.4, 0.5) is 8.78 Å². The number of benzene rings is 3. The lowest BCUT2D eigenvalue weighted by Gasteiger charge is -2.41. The number of halogens is 2. The van der Waals surface area contributed by atoms with Crippen molar-refractivity contribution in [2.45, 2.75) is 43.8 Å². The molecule has 3 aromatic carbocycles. The quantitative estimate of drug-likeness (QED) is 0.484. The van der Waals surface area contributed by atoms with Crippen molar-refractivity contribution in [2.75, 3.05) is 20.2 Å². The topological polar surface area (TPSA) is 24.5 Å². The highest BCUT2D eigenvalue weighted by Gasteiger charge is 2.42. The highest BCUT2D eigenvalue weighted by molar-refractivity contribution is 5.37. The molecule has 3 atom stereocenters. The number of rotatable bonds is 7. The number of methoxy groups -OCH3 is 1. The van der Waals surface area contributed by atoms with Gasteiger partial charge in [-0.05, 0) is 73.7 Å². The number of hydrogen-bond acceptors (Lipinski definition) is 3. The highest BCUT2D eigenvalue weighted by Crippen LogP contribution is 2.41. The fraction of sp³-hybridized carbons (Fsp3) is 0.379. The third kappa shape index (κ3) is 4.73. The minimum Gasteiger partial charge on any atom is -0.496 e. The summed E-state index contributed by atoms with van der Waals surface area (Å²) in [5.41, 5.74) is 2.56. The lowest BCUT2D eigenvalue weighted by Crippen LogP contribution is -2.52. The molecular weight excluding hydrogens is 430 g/mol. The molecule has 0 radical (unpaired) electrons. The van der Waals surface area contributed by atoms with Gasteiger partial charge in [-0.2, -0.15) is 0 Å². The number of nitrogens with one attached hydrogen (secondary N) is 1. The largest absolute Gasteiger partial charge is 0.496 e. The molecule has 0 spiro atoms. The van der Waals surface area contributed by atoms with Crippen LogP contribution >= 0.6 is 0 Å². The zero-order chi connectivity index (χ0) is 23.5. The minimum absolute atomic E-state index is 0.0147. The van der Waals surface area contributed by atoms with Crippen LogP contribution in [0.1, 0.15) is 41.9 Å². The molecule has 0 amide bonds. The second-order valence-electron chi connectivity index (χ2n) is 9.56. The van der Waals surface area contributed by atoms with E-state index in [1.165, 1.54) is 12.1 Å². The maximum Gasteiger partial charge on any atom is 0.127 e. The van der Waals surface area contributed by atoms with Crippen molar-refractivity contribution in [1.29, 1.82) is 0 Å². The molecule has 6 rings (SSSR count). The summed E-state index contributed by atoms with van der Waals surface area (Å²) >= 11 is 0. The van der Waals surface area contributed by atoms with Crippen LogP contribution in [0.5, 0.6) is 5.75 Å². The van der Waals surface area contributed by atoms with Crippen LogP contribution in [0.25, 0.3) is 0 Å². The van der Waals surface area contributed by atoms with Crippen molar-refractivity contribution in [3.05, 3.63) is 101 Å². The van der Waals surface area contributed by atoms with Gasteiger partial charge in [-0.1, -0.05) is 48.5 Å². The van der Waals surface area contributed by atoms with Crippen LogP contribution in [0.3, 0.4) is 0 Å². The number of nitrogens with zero attached hydrogens (tertiary/aromatic N) is 1. The number of ether oxygens (including phenoxy) is 1. The van der Waals surface area contributed by atoms with E-state index < -0.39 is 0 Å². The summed E-state index contributed by atoms with van der Waals surface area (Å²) in [5, 5.41) is 3.82. The van der Waals surface area contributed by atoms with Crippen molar-refractivity contribution in [3.8, 4) is 5.75 Å². The van der Waals surface area contributed by atoms with Gasteiger partial charge >= 0.3 is 0 Å². The molecule has 34 heavy (non-hydrogen) atoms. The predicted octanol–water partition coefficient (Wildman–Crippen LogP) is 5.75. The van der Waals surface area contributed by atoms with Crippen molar-refractivity contribution in [2.24, 2.45) is 5.92 Å². The molecule has 2 bridgehead atoms. The van der Waals surface area contributed by atoms with Crippen LogP contribution in [0.15, 0.2) is 72.8 Å². The summed E-state index contributed by atoms with van der Waals surface area (Å²) < 4.78 is 35.2. The predicted molar refractivity (Wildman–Crippen MR) is 131 cm³/mol. The summed E-state index contributed by atoms with van der Waals surface area (Å²) in [6, 6.07) is 21.9. The number of hydrogen-bond donors (Lipinski definition) is 1. The summed E-state index contributed by atoms with van der Waals surface area (Å²) in [7, 11) is 1.69. The first kappa shape index (κ1) is 23.0. The summed E-state index contributed by atoms with van der Waals surface area (Å²) in [6.45, 7) is 2.64. The molecule has 3 unspecified atom stereocenters. The molecular formula is C29H32F2N2O. The molecule has 3 fully saturated rings. The number of fused-ring (bicyclic) bond motifs is 4. The maximum atomic E-state index is 15.3. The molecule has 3 aliphatic rings. The van der Waals surface area contributed by atoms with E-state index in [1.807, 2.05) is 36.4 Å². The van der Waals surface area contributed by atoms with E-state index in [1.54, 1.807) is 25.3 Å². The molecule has 0 aliphatic carbocycles. The Hall–Kier alpha value is -2.76. The summed E-state index contributed by atoms with van der Waals surface area (Å²) in [5.74, 6) is 0.707. The molecule has 178 valence electrons. The van der Waals surface area contributed by atoms with Gasteiger partial charge in [-0.25, -0.2) is 8.78 Å². The Bertz CT molecular complexity index is 1110. The Kier molecular flexibility index (Phi) is 6.93. The molecule has 3 aliphatic heterocycles. The second-order valence-corrected chi connectivity index (χ2v) is 9.56. The Morgan fingerprint density at radius 2 is 1.74 bits per heavy atom. The van der Waals surface area contributed by atoms with E-state index >= 15 is 4.39 Å². The van der Waals surface area contributed by atoms with E-state index in [0.29, 0.717) is 18.0 Å². The summed E-state index contributed by atoms with van der Waals surface area (Å²) in [4.78, 5) is 2.51. The van der Waals surface area contributed by atoms with E-state index in [-0.39, 0.29) is 29.6 Å². The van der Waals surface area contributed by atoms with Gasteiger partial charge in [0.2, 0.25) is 0 Å². The molecule has 1 N–H and O–H groups in total. The Balaban J connectivity index is 1.55. The van der Waals surface area contributed by atoms with Crippen LogP contribution in [0, 0.1) is 17.6 Å². The van der Waals surface area contributed by atoms with Gasteiger partial charge in [-0.15, -0.1) is 0 Å². The smallest absolute Gasteiger partial charge is 0.127 e. The SMILES string of the molecule is COc1ccccc1CNC1CC2CCN(CC2)C1C(c1cccc(F)c1)c1ccccc1F. The Morgan fingerprint density at radius 1 is 0.971 bits per heavy atom. The lowest BCUT2D eigenvalue weighted by atomic mass is 9.79. The number of piperidine rings is 1. The van der Waals surface area contributed by atoms with E-state index in [2.05, 4.69) is 16.3 Å². The average Bonchev–Trinajstić information content (AvgIpc) is 3.14. The van der Waals surface area contributed by atoms with Crippen molar-refractivity contribution < 1.29 is 13.5 Å². The molecule has 0 saturated carbocycles. The average molecular weight is 463 g/mol. The maximum absolute atomic E-state index is 15.3. The lowest BCUT2D eigenvalue weighted by molar-refractivity contribution is 0.141. The van der Waals surface area contributed by atoms with Gasteiger partial charge in [0.1, 0.15) is 17.4 Å². The van der Waals surface area contributed by atoms with Gasteiger partial charge in [0.15, 0.2) is 0 Å². The first-order valence-corrected chi connectivity index (χ1v) is 12.2. The van der Waals surface area contributed by atoms with Crippen molar-refractivity contribution >= 4 is 0 Å². The van der Waals surface area contributed by atoms with E-state index in [9.17, 15) is 4.39 Å². The number of para-hydroxylation sites is 1. The molecule has 0 aromatic heterocycles. The monoisotopic (exact) mass is 462 g/mol. The molecule has 3 saturated heterocycles. The normalized spacial score (nSPS) is 25.0. The van der Waals surface area contributed by atoms with Crippen molar-refractivity contribution in [3.63, 3.8) is 0 Å². The molecule has 5 heteroatoms. The standard InChI is InChI=1S/C29H32F2N2O/c1-34-27-12-5-2-7-22(27)19-32-26-17-20-13-15-33(16-14-20)29(26)28(21-8-6-9-23(30)18-21)24-10-3-4-11-25(24)31/h2-12,18,20,26,28-29,32H,13-17,19H2,1H3. The molecule has 3 aromatic rings. The second kappa shape index (κ2) is 10.2. The van der Waals surface area contributed by atoms with Gasteiger partial charge in [0.25, 0.3) is 0 Å². The van der Waals surface area contributed by atoms with Crippen LogP contribution in [-0.2, 0) is 6.54 Å². The van der Waals surface area contributed by atoms with Gasteiger partial charge in [0.05, 0.1) is 7.11 Å². The first-order chi connectivity index (χ1) is 16.6. The van der Waals surface area contributed by atoms with Crippen LogP contribution in [-0.4, -0.2) is 37.2 Å². The Labute approximate surface area is 200 Å². The first-order valence-electron chi connectivity index (χ1n) is 12.2. The third-order valence-electron chi connectivity index (χ3n) is 7.61. The fourth-order valence-electron chi connectivity index (χ4n) is 5.97. The zero-order valence-corrected chi connectivity index (χ0v) is 19.6. The highest BCUT2D eigenvalue weighted by atomic mass is 19.1. The minimum atomic E-state index is -0.287. The van der Waals surface area contributed by atoms with E-state index in [4.69, 9.17) is 4.74 Å².